The van der Waals surface area contributed by atoms with E-state index in [0.717, 1.165) is 19.3 Å². The van der Waals surface area contributed by atoms with E-state index >= 15 is 0 Å². The molecule has 104 valence electrons. The van der Waals surface area contributed by atoms with Gasteiger partial charge in [0.1, 0.15) is 12.3 Å². The Morgan fingerprint density at radius 3 is 2.84 bits per heavy atom. The molecule has 1 fully saturated rings. The summed E-state index contributed by atoms with van der Waals surface area (Å²) >= 11 is 0. The summed E-state index contributed by atoms with van der Waals surface area (Å²) in [5.41, 5.74) is 0.605. The molecule has 0 bridgehead atoms. The molecule has 1 aromatic heterocycles. The second kappa shape index (κ2) is 5.97. The number of nitro groups is 1. The molecule has 2 unspecified atom stereocenters. The summed E-state index contributed by atoms with van der Waals surface area (Å²) in [5.74, 6) is 0.468. The van der Waals surface area contributed by atoms with Crippen molar-refractivity contribution in [3.05, 3.63) is 27.9 Å². The number of ether oxygens (including phenoxy) is 1. The molecule has 6 heteroatoms. The van der Waals surface area contributed by atoms with E-state index in [1.807, 2.05) is 7.05 Å². The molecule has 2 rings (SSSR count). The Morgan fingerprint density at radius 2 is 2.21 bits per heavy atom. The van der Waals surface area contributed by atoms with Gasteiger partial charge in [-0.2, -0.15) is 0 Å². The Labute approximate surface area is 112 Å². The molecule has 19 heavy (non-hydrogen) atoms. The average molecular weight is 265 g/mol. The molecule has 1 N–H and O–H groups in total. The molecular formula is C13H19N3O3. The lowest BCUT2D eigenvalue weighted by molar-refractivity contribution is -0.385. The fourth-order valence-electron chi connectivity index (χ4n) is 2.50. The van der Waals surface area contributed by atoms with Crippen LogP contribution in [0, 0.1) is 17.0 Å². The Morgan fingerprint density at radius 1 is 1.47 bits per heavy atom. The lowest BCUT2D eigenvalue weighted by Gasteiger charge is -2.31. The zero-order chi connectivity index (χ0) is 13.8. The predicted molar refractivity (Wildman–Crippen MR) is 71.4 cm³/mol. The maximum Gasteiger partial charge on any atom is 0.290 e. The van der Waals surface area contributed by atoms with Gasteiger partial charge in [0.25, 0.3) is 5.69 Å². The summed E-state index contributed by atoms with van der Waals surface area (Å²) in [6.07, 6.45) is 5.79. The largest absolute Gasteiger partial charge is 0.473 e. The van der Waals surface area contributed by atoms with Crippen LogP contribution in [0.2, 0.25) is 0 Å². The molecule has 0 spiro atoms. The number of aromatic nitrogens is 1. The van der Waals surface area contributed by atoms with Crippen LogP contribution in [-0.2, 0) is 0 Å². The first kappa shape index (κ1) is 13.7. The average Bonchev–Trinajstić information content (AvgIpc) is 2.39. The molecule has 0 saturated heterocycles. The third kappa shape index (κ3) is 3.20. The maximum absolute atomic E-state index is 10.7. The molecule has 1 aromatic rings. The lowest BCUT2D eigenvalue weighted by Crippen LogP contribution is -2.43. The normalized spacial score (nSPS) is 23.1. The number of nitrogens with zero attached hydrogens (tertiary/aromatic N) is 2. The zero-order valence-electron chi connectivity index (χ0n) is 11.3. The van der Waals surface area contributed by atoms with Gasteiger partial charge >= 0.3 is 0 Å². The van der Waals surface area contributed by atoms with E-state index in [2.05, 4.69) is 10.3 Å². The number of nitrogens with one attached hydrogen (secondary N) is 1. The first-order chi connectivity index (χ1) is 9.11. The molecule has 6 nitrogen and oxygen atoms in total. The fraction of sp³-hybridized carbons (Fsp3) is 0.615. The molecule has 1 saturated carbocycles. The van der Waals surface area contributed by atoms with Crippen molar-refractivity contribution in [3.8, 4) is 5.88 Å². The number of aryl methyl sites for hydroxylation is 1. The highest BCUT2D eigenvalue weighted by Gasteiger charge is 2.26. The van der Waals surface area contributed by atoms with Crippen molar-refractivity contribution in [3.63, 3.8) is 0 Å². The van der Waals surface area contributed by atoms with Gasteiger partial charge in [0, 0.05) is 17.7 Å². The first-order valence-electron chi connectivity index (χ1n) is 6.56. The van der Waals surface area contributed by atoms with Crippen molar-refractivity contribution in [1.29, 1.82) is 0 Å². The summed E-state index contributed by atoms with van der Waals surface area (Å²) in [6, 6.07) is 1.96. The molecule has 1 heterocycles. The minimum atomic E-state index is -0.427. The maximum atomic E-state index is 10.7. The summed E-state index contributed by atoms with van der Waals surface area (Å²) < 4.78 is 5.88. The van der Waals surface area contributed by atoms with Gasteiger partial charge < -0.3 is 10.1 Å². The van der Waals surface area contributed by atoms with E-state index in [4.69, 9.17) is 4.74 Å². The number of likely N-dealkylation sites (N-methyl/N-ethyl adjacent to an activating group) is 1. The Balaban J connectivity index is 2.10. The van der Waals surface area contributed by atoms with Crippen molar-refractivity contribution in [2.45, 2.75) is 44.8 Å². The first-order valence-corrected chi connectivity index (χ1v) is 6.56. The molecule has 0 aliphatic heterocycles. The van der Waals surface area contributed by atoms with Crippen LogP contribution in [0.1, 0.15) is 31.2 Å². The highest BCUT2D eigenvalue weighted by molar-refractivity contribution is 5.39. The van der Waals surface area contributed by atoms with Crippen LogP contribution in [0.15, 0.2) is 12.3 Å². The molecular weight excluding hydrogens is 246 g/mol. The van der Waals surface area contributed by atoms with Crippen molar-refractivity contribution < 1.29 is 9.66 Å². The van der Waals surface area contributed by atoms with Crippen molar-refractivity contribution in [1.82, 2.24) is 10.3 Å². The minimum absolute atomic E-state index is 0.0289. The van der Waals surface area contributed by atoms with Crippen LogP contribution in [0.4, 0.5) is 5.69 Å². The third-order valence-electron chi connectivity index (χ3n) is 3.60. The second-order valence-corrected chi connectivity index (χ2v) is 4.90. The summed E-state index contributed by atoms with van der Waals surface area (Å²) in [7, 11) is 1.93. The van der Waals surface area contributed by atoms with Gasteiger partial charge in [-0.15, -0.1) is 0 Å². The topological polar surface area (TPSA) is 77.3 Å². The van der Waals surface area contributed by atoms with E-state index < -0.39 is 4.92 Å². The van der Waals surface area contributed by atoms with Gasteiger partial charge in [0.15, 0.2) is 0 Å². The van der Waals surface area contributed by atoms with E-state index in [9.17, 15) is 10.1 Å². The summed E-state index contributed by atoms with van der Waals surface area (Å²) in [6.45, 7) is 1.70. The Hall–Kier alpha value is -1.69. The van der Waals surface area contributed by atoms with Crippen LogP contribution in [0.5, 0.6) is 5.88 Å². The van der Waals surface area contributed by atoms with E-state index in [-0.39, 0.29) is 11.8 Å². The van der Waals surface area contributed by atoms with E-state index in [1.165, 1.54) is 12.6 Å². The lowest BCUT2D eigenvalue weighted by atomic mass is 9.92. The van der Waals surface area contributed by atoms with Crippen LogP contribution in [0.3, 0.4) is 0 Å². The Bertz CT molecular complexity index is 464. The van der Waals surface area contributed by atoms with Crippen molar-refractivity contribution in [2.24, 2.45) is 0 Å². The fourth-order valence-corrected chi connectivity index (χ4v) is 2.50. The standard InChI is InChI=1S/C13H19N3O3/c1-9-7-13(15-8-11(9)16(17)18)19-12-6-4-3-5-10(12)14-2/h7-8,10,12,14H,3-6H2,1-2H3. The molecule has 0 aromatic carbocycles. The smallest absolute Gasteiger partial charge is 0.290 e. The predicted octanol–water partition coefficient (Wildman–Crippen LogP) is 2.21. The molecule has 1 aliphatic rings. The highest BCUT2D eigenvalue weighted by atomic mass is 16.6. The number of pyridine rings is 1. The monoisotopic (exact) mass is 265 g/mol. The van der Waals surface area contributed by atoms with Gasteiger partial charge in [-0.05, 0) is 33.2 Å². The second-order valence-electron chi connectivity index (χ2n) is 4.90. The third-order valence-corrected chi connectivity index (χ3v) is 3.60. The number of hydrogen-bond acceptors (Lipinski definition) is 5. The van der Waals surface area contributed by atoms with Crippen LogP contribution in [0.25, 0.3) is 0 Å². The molecule has 0 amide bonds. The van der Waals surface area contributed by atoms with E-state index in [0.29, 0.717) is 17.5 Å². The van der Waals surface area contributed by atoms with Gasteiger partial charge in [0.2, 0.25) is 5.88 Å². The van der Waals surface area contributed by atoms with E-state index in [1.54, 1.807) is 13.0 Å². The quantitative estimate of drug-likeness (QED) is 0.667. The molecule has 2 atom stereocenters. The van der Waals surface area contributed by atoms with Crippen LogP contribution >= 0.6 is 0 Å². The molecule has 1 aliphatic carbocycles. The van der Waals surface area contributed by atoms with Gasteiger partial charge in [-0.3, -0.25) is 10.1 Å². The van der Waals surface area contributed by atoms with Crippen molar-refractivity contribution in [2.75, 3.05) is 7.05 Å². The minimum Gasteiger partial charge on any atom is -0.473 e. The number of rotatable bonds is 4. The van der Waals surface area contributed by atoms with Gasteiger partial charge in [-0.25, -0.2) is 4.98 Å². The van der Waals surface area contributed by atoms with Crippen molar-refractivity contribution >= 4 is 5.69 Å². The van der Waals surface area contributed by atoms with Crippen LogP contribution in [-0.4, -0.2) is 29.1 Å². The SMILES string of the molecule is CNC1CCCCC1Oc1cc(C)c([N+](=O)[O-])cn1. The number of hydrogen-bond donors (Lipinski definition) is 1. The van der Waals surface area contributed by atoms with Gasteiger partial charge in [-0.1, -0.05) is 6.42 Å². The zero-order valence-corrected chi connectivity index (χ0v) is 11.3. The van der Waals surface area contributed by atoms with Crippen LogP contribution < -0.4 is 10.1 Å². The summed E-state index contributed by atoms with van der Waals surface area (Å²) in [4.78, 5) is 14.3. The molecule has 0 radical (unpaired) electrons. The highest BCUT2D eigenvalue weighted by Crippen LogP contribution is 2.25. The summed E-state index contributed by atoms with van der Waals surface area (Å²) in [5, 5.41) is 14.0. The Kier molecular flexibility index (Phi) is 4.31. The van der Waals surface area contributed by atoms with Gasteiger partial charge in [0.05, 0.1) is 4.92 Å².